The summed E-state index contributed by atoms with van der Waals surface area (Å²) >= 11 is 1.01. The van der Waals surface area contributed by atoms with Gasteiger partial charge in [0.15, 0.2) is 0 Å². The van der Waals surface area contributed by atoms with E-state index in [0.717, 1.165) is 11.3 Å². The highest BCUT2D eigenvalue weighted by atomic mass is 32.2. The summed E-state index contributed by atoms with van der Waals surface area (Å²) in [5.74, 6) is -0.351. The monoisotopic (exact) mass is 393 g/mol. The summed E-state index contributed by atoms with van der Waals surface area (Å²) in [5.41, 5.74) is 0.454. The zero-order valence-corrected chi connectivity index (χ0v) is 14.5. The van der Waals surface area contributed by atoms with Crippen LogP contribution in [0.2, 0.25) is 0 Å². The average Bonchev–Trinajstić information content (AvgIpc) is 3.05. The van der Waals surface area contributed by atoms with E-state index in [2.05, 4.69) is 4.74 Å². The predicted octanol–water partition coefficient (Wildman–Crippen LogP) is 3.33. The first-order chi connectivity index (χ1) is 11.8. The van der Waals surface area contributed by atoms with Crippen LogP contribution in [-0.4, -0.2) is 45.4 Å². The van der Waals surface area contributed by atoms with E-state index in [1.807, 2.05) is 0 Å². The van der Waals surface area contributed by atoms with Gasteiger partial charge in [-0.25, -0.2) is 8.42 Å². The first-order valence-corrected chi connectivity index (χ1v) is 9.55. The fourth-order valence-corrected chi connectivity index (χ4v) is 5.24. The van der Waals surface area contributed by atoms with Gasteiger partial charge in [-0.05, 0) is 29.8 Å². The molecule has 0 spiro atoms. The number of nitrogens with zero attached hydrogens (tertiary/aromatic N) is 1. The number of hydrogen-bond acceptors (Lipinski definition) is 5. The van der Waals surface area contributed by atoms with E-state index in [1.54, 1.807) is 12.1 Å². The van der Waals surface area contributed by atoms with E-state index in [-0.39, 0.29) is 23.0 Å². The molecule has 0 atom stereocenters. The van der Waals surface area contributed by atoms with Crippen molar-refractivity contribution in [3.63, 3.8) is 0 Å². The maximum atomic E-state index is 12.6. The molecule has 25 heavy (non-hydrogen) atoms. The van der Waals surface area contributed by atoms with Crippen molar-refractivity contribution in [2.45, 2.75) is 10.6 Å². The van der Waals surface area contributed by atoms with Crippen LogP contribution in [-0.2, 0) is 14.8 Å². The third-order valence-corrected chi connectivity index (χ3v) is 7.00. The Hall–Kier alpha value is -1.62. The van der Waals surface area contributed by atoms with Gasteiger partial charge in [-0.1, -0.05) is 12.1 Å². The molecule has 0 bridgehead atoms. The molecule has 1 aliphatic rings. The summed E-state index contributed by atoms with van der Waals surface area (Å²) in [6.07, 6.45) is -4.78. The topological polar surface area (TPSA) is 55.8 Å². The molecule has 0 aliphatic carbocycles. The highest BCUT2D eigenvalue weighted by Gasteiger charge is 2.31. The normalized spacial score (nSPS) is 16.8. The minimum Gasteiger partial charge on any atom is -0.406 e. The molecule has 1 aromatic carbocycles. The number of alkyl halides is 3. The van der Waals surface area contributed by atoms with Gasteiger partial charge in [0.2, 0.25) is 0 Å². The average molecular weight is 393 g/mol. The summed E-state index contributed by atoms with van der Waals surface area (Å²) in [7, 11) is -3.63. The van der Waals surface area contributed by atoms with Crippen LogP contribution in [0.15, 0.2) is 40.6 Å². The fourth-order valence-electron chi connectivity index (χ4n) is 2.37. The van der Waals surface area contributed by atoms with Gasteiger partial charge in [0.25, 0.3) is 10.0 Å². The van der Waals surface area contributed by atoms with Crippen molar-refractivity contribution in [3.05, 3.63) is 36.4 Å². The highest BCUT2D eigenvalue weighted by Crippen LogP contribution is 2.34. The lowest BCUT2D eigenvalue weighted by Gasteiger charge is -2.25. The molecule has 0 N–H and O–H groups in total. The summed E-state index contributed by atoms with van der Waals surface area (Å²) < 4.78 is 72.7. The molecular weight excluding hydrogens is 379 g/mol. The molecule has 1 aliphatic heterocycles. The second kappa shape index (κ2) is 6.94. The Morgan fingerprint density at radius 1 is 1.12 bits per heavy atom. The Morgan fingerprint density at radius 3 is 2.52 bits per heavy atom. The van der Waals surface area contributed by atoms with E-state index in [9.17, 15) is 21.6 Å². The third kappa shape index (κ3) is 4.32. The van der Waals surface area contributed by atoms with E-state index in [1.165, 1.54) is 28.6 Å². The van der Waals surface area contributed by atoms with Crippen molar-refractivity contribution in [1.82, 2.24) is 4.31 Å². The number of thiophene rings is 1. The lowest BCUT2D eigenvalue weighted by atomic mass is 10.2. The second-order valence-electron chi connectivity index (χ2n) is 5.21. The third-order valence-electron chi connectivity index (χ3n) is 3.50. The Balaban J connectivity index is 1.85. The molecular formula is C15H14F3NO4S2. The summed E-state index contributed by atoms with van der Waals surface area (Å²) in [6.45, 7) is 1.25. The van der Waals surface area contributed by atoms with Gasteiger partial charge in [0.1, 0.15) is 9.96 Å². The van der Waals surface area contributed by atoms with Crippen molar-refractivity contribution in [2.75, 3.05) is 26.3 Å². The molecule has 1 aromatic heterocycles. The zero-order chi connectivity index (χ0) is 18.1. The fraction of sp³-hybridized carbons (Fsp3) is 0.333. The summed E-state index contributed by atoms with van der Waals surface area (Å²) in [4.78, 5) is 0.541. The Bertz CT molecular complexity index is 842. The van der Waals surface area contributed by atoms with Crippen molar-refractivity contribution in [1.29, 1.82) is 0 Å². The highest BCUT2D eigenvalue weighted by molar-refractivity contribution is 7.91. The van der Waals surface area contributed by atoms with Gasteiger partial charge in [0.05, 0.1) is 13.2 Å². The predicted molar refractivity (Wildman–Crippen MR) is 86.0 cm³/mol. The number of rotatable bonds is 4. The SMILES string of the molecule is O=S(=O)(c1ccc(-c2cccc(OC(F)(F)F)c2)s1)N1CCOCC1. The molecule has 1 fully saturated rings. The van der Waals surface area contributed by atoms with Crippen LogP contribution >= 0.6 is 11.3 Å². The molecule has 1 saturated heterocycles. The summed E-state index contributed by atoms with van der Waals surface area (Å²) in [5, 5.41) is 0. The van der Waals surface area contributed by atoms with E-state index in [0.29, 0.717) is 23.7 Å². The molecule has 0 unspecified atom stereocenters. The minimum atomic E-state index is -4.78. The molecule has 3 rings (SSSR count). The standard InChI is InChI=1S/C15H14F3NO4S2/c16-15(17,18)23-12-3-1-2-11(10-12)13-4-5-14(24-13)25(20,21)19-6-8-22-9-7-19/h1-5,10H,6-9H2. The van der Waals surface area contributed by atoms with Crippen molar-refractivity contribution >= 4 is 21.4 Å². The van der Waals surface area contributed by atoms with E-state index >= 15 is 0 Å². The van der Waals surface area contributed by atoms with E-state index in [4.69, 9.17) is 4.74 Å². The van der Waals surface area contributed by atoms with Crippen molar-refractivity contribution in [2.24, 2.45) is 0 Å². The molecule has 0 radical (unpaired) electrons. The Kier molecular flexibility index (Phi) is 5.05. The van der Waals surface area contributed by atoms with E-state index < -0.39 is 16.4 Å². The number of benzene rings is 1. The quantitative estimate of drug-likeness (QED) is 0.800. The number of morpholine rings is 1. The molecule has 2 heterocycles. The van der Waals surface area contributed by atoms with Crippen LogP contribution in [0.4, 0.5) is 13.2 Å². The second-order valence-corrected chi connectivity index (χ2v) is 8.46. The van der Waals surface area contributed by atoms with Gasteiger partial charge in [-0.15, -0.1) is 24.5 Å². The van der Waals surface area contributed by atoms with Gasteiger partial charge in [-0.3, -0.25) is 0 Å². The first kappa shape index (κ1) is 18.2. The van der Waals surface area contributed by atoms with Crippen LogP contribution in [0.3, 0.4) is 0 Å². The molecule has 0 saturated carbocycles. The van der Waals surface area contributed by atoms with Gasteiger partial charge in [-0.2, -0.15) is 4.31 Å². The molecule has 5 nitrogen and oxygen atoms in total. The molecule has 136 valence electrons. The van der Waals surface area contributed by atoms with Gasteiger partial charge >= 0.3 is 6.36 Å². The van der Waals surface area contributed by atoms with Gasteiger partial charge < -0.3 is 9.47 Å². The van der Waals surface area contributed by atoms with Crippen LogP contribution in [0.1, 0.15) is 0 Å². The Morgan fingerprint density at radius 2 is 1.84 bits per heavy atom. The maximum absolute atomic E-state index is 12.6. The van der Waals surface area contributed by atoms with Crippen LogP contribution in [0, 0.1) is 0 Å². The number of sulfonamides is 1. The lowest BCUT2D eigenvalue weighted by Crippen LogP contribution is -2.40. The maximum Gasteiger partial charge on any atom is 0.573 e. The largest absolute Gasteiger partial charge is 0.573 e. The lowest BCUT2D eigenvalue weighted by molar-refractivity contribution is -0.274. The first-order valence-electron chi connectivity index (χ1n) is 7.30. The van der Waals surface area contributed by atoms with Crippen molar-refractivity contribution < 1.29 is 31.1 Å². The zero-order valence-electron chi connectivity index (χ0n) is 12.8. The number of hydrogen-bond donors (Lipinski definition) is 0. The molecule has 10 heteroatoms. The minimum absolute atomic E-state index is 0.145. The van der Waals surface area contributed by atoms with Crippen LogP contribution in [0.25, 0.3) is 10.4 Å². The molecule has 2 aromatic rings. The molecule has 0 amide bonds. The van der Waals surface area contributed by atoms with Gasteiger partial charge in [0, 0.05) is 18.0 Å². The number of ether oxygens (including phenoxy) is 2. The van der Waals surface area contributed by atoms with Crippen LogP contribution in [0.5, 0.6) is 5.75 Å². The van der Waals surface area contributed by atoms with Crippen molar-refractivity contribution in [3.8, 4) is 16.2 Å². The summed E-state index contributed by atoms with van der Waals surface area (Å²) in [6, 6.07) is 8.47. The number of halogens is 3. The smallest absolute Gasteiger partial charge is 0.406 e. The Labute approximate surface area is 146 Å². The van der Waals surface area contributed by atoms with Crippen LogP contribution < -0.4 is 4.74 Å².